The van der Waals surface area contributed by atoms with Gasteiger partial charge >= 0.3 is 0 Å². The number of nitrogens with one attached hydrogen (secondary N) is 1. The lowest BCUT2D eigenvalue weighted by molar-refractivity contribution is -0.136. The monoisotopic (exact) mass is 622 g/mol. The van der Waals surface area contributed by atoms with E-state index in [2.05, 4.69) is 64.5 Å². The van der Waals surface area contributed by atoms with Gasteiger partial charge in [-0.3, -0.25) is 9.59 Å². The van der Waals surface area contributed by atoms with Gasteiger partial charge in [-0.15, -0.1) is 0 Å². The summed E-state index contributed by atoms with van der Waals surface area (Å²) in [6.07, 6.45) is 3.20. The molecule has 1 unspecified atom stereocenters. The van der Waals surface area contributed by atoms with Crippen molar-refractivity contribution >= 4 is 23.4 Å². The number of benzene rings is 4. The van der Waals surface area contributed by atoms with E-state index in [0.29, 0.717) is 30.1 Å². The lowest BCUT2D eigenvalue weighted by Gasteiger charge is -2.42. The molecular weight excluding hydrogens is 580 g/mol. The molecule has 4 aromatic rings. The number of rotatable bonds is 12. The van der Waals surface area contributed by atoms with E-state index in [-0.39, 0.29) is 23.9 Å². The minimum Gasteiger partial charge on any atom is -0.351 e. The van der Waals surface area contributed by atoms with Crippen molar-refractivity contribution < 1.29 is 9.59 Å². The van der Waals surface area contributed by atoms with Gasteiger partial charge in [0.15, 0.2) is 0 Å². The first-order chi connectivity index (χ1) is 21.9. The van der Waals surface area contributed by atoms with Gasteiger partial charge in [-0.2, -0.15) is 0 Å². The van der Waals surface area contributed by atoms with Crippen LogP contribution in [0.4, 0.5) is 0 Å². The molecule has 0 radical (unpaired) electrons. The van der Waals surface area contributed by atoms with Crippen LogP contribution in [0.5, 0.6) is 0 Å². The summed E-state index contributed by atoms with van der Waals surface area (Å²) in [5.41, 5.74) is 11.4. The minimum absolute atomic E-state index is 0.111. The molecule has 0 saturated carbocycles. The van der Waals surface area contributed by atoms with Gasteiger partial charge in [0.2, 0.25) is 5.91 Å². The molecule has 0 bridgehead atoms. The second-order valence-electron chi connectivity index (χ2n) is 11.8. The van der Waals surface area contributed by atoms with Crippen LogP contribution in [-0.2, 0) is 17.6 Å². The Bertz CT molecular complexity index is 1550. The Morgan fingerprint density at radius 3 is 2.36 bits per heavy atom. The molecule has 1 saturated heterocycles. The molecular formula is C38H43ClN4O2. The van der Waals surface area contributed by atoms with E-state index in [9.17, 15) is 9.59 Å². The molecule has 1 aliphatic rings. The zero-order valence-electron chi connectivity index (χ0n) is 26.0. The van der Waals surface area contributed by atoms with Crippen molar-refractivity contribution in [2.24, 2.45) is 5.73 Å². The predicted molar refractivity (Wildman–Crippen MR) is 183 cm³/mol. The van der Waals surface area contributed by atoms with Crippen molar-refractivity contribution in [1.82, 2.24) is 15.1 Å². The van der Waals surface area contributed by atoms with Gasteiger partial charge in [-0.1, -0.05) is 90.5 Å². The second kappa shape index (κ2) is 15.8. The van der Waals surface area contributed by atoms with E-state index >= 15 is 0 Å². The molecule has 5 rings (SSSR count). The zero-order chi connectivity index (χ0) is 31.6. The average molecular weight is 623 g/mol. The fraction of sp³-hybridized carbons (Fsp3) is 0.316. The third kappa shape index (κ3) is 8.60. The number of carbonyl (C=O) groups excluding carboxylic acids is 2. The topological polar surface area (TPSA) is 78.7 Å². The maximum Gasteiger partial charge on any atom is 0.251 e. The highest BCUT2D eigenvalue weighted by Crippen LogP contribution is 2.32. The normalized spacial score (nSPS) is 14.6. The van der Waals surface area contributed by atoms with Gasteiger partial charge in [-0.25, -0.2) is 0 Å². The smallest absolute Gasteiger partial charge is 0.251 e. The summed E-state index contributed by atoms with van der Waals surface area (Å²) >= 11 is 6.13. The predicted octanol–water partition coefficient (Wildman–Crippen LogP) is 6.53. The van der Waals surface area contributed by atoms with E-state index in [1.807, 2.05) is 60.7 Å². The highest BCUT2D eigenvalue weighted by Gasteiger charge is 2.32. The summed E-state index contributed by atoms with van der Waals surface area (Å²) < 4.78 is 0. The Morgan fingerprint density at radius 1 is 0.911 bits per heavy atom. The number of piperidine rings is 1. The summed E-state index contributed by atoms with van der Waals surface area (Å²) in [4.78, 5) is 31.7. The summed E-state index contributed by atoms with van der Waals surface area (Å²) in [5, 5.41) is 3.55. The highest BCUT2D eigenvalue weighted by molar-refractivity contribution is 6.30. The number of likely N-dealkylation sites (tertiary alicyclic amines) is 1. The molecule has 0 aliphatic carbocycles. The Morgan fingerprint density at radius 2 is 1.62 bits per heavy atom. The van der Waals surface area contributed by atoms with Gasteiger partial charge in [0.1, 0.15) is 0 Å². The van der Waals surface area contributed by atoms with Crippen LogP contribution >= 0.6 is 11.6 Å². The quantitative estimate of drug-likeness (QED) is 0.188. The molecule has 0 aromatic heterocycles. The second-order valence-corrected chi connectivity index (χ2v) is 12.2. The summed E-state index contributed by atoms with van der Waals surface area (Å²) in [5.74, 6) is -0.0344. The molecule has 3 N–H and O–H groups in total. The van der Waals surface area contributed by atoms with Crippen LogP contribution in [0.25, 0.3) is 11.1 Å². The van der Waals surface area contributed by atoms with E-state index in [0.717, 1.165) is 61.2 Å². The third-order valence-electron chi connectivity index (χ3n) is 8.77. The standard InChI is InChI=1S/C38H43ClN4O2/c1-28(31-10-7-11-32(27-31)35-12-5-6-13-36(35)38(45)41-22-21-40)43(37(44)26-30-14-16-33(39)17-15-30)34-19-24-42(25-20-34)23-18-29-8-3-2-4-9-29/h2-17,27-28,34H,18-26,40H2,1H3,(H,41,45). The molecule has 1 aliphatic heterocycles. The van der Waals surface area contributed by atoms with E-state index in [4.69, 9.17) is 17.3 Å². The number of hydrogen-bond acceptors (Lipinski definition) is 4. The molecule has 234 valence electrons. The van der Waals surface area contributed by atoms with E-state index in [1.54, 1.807) is 0 Å². The van der Waals surface area contributed by atoms with Crippen LogP contribution in [0.3, 0.4) is 0 Å². The lowest BCUT2D eigenvalue weighted by Crippen LogP contribution is -2.49. The van der Waals surface area contributed by atoms with Crippen LogP contribution in [0.15, 0.2) is 103 Å². The van der Waals surface area contributed by atoms with Crippen molar-refractivity contribution in [1.29, 1.82) is 0 Å². The van der Waals surface area contributed by atoms with E-state index in [1.165, 1.54) is 5.56 Å². The number of nitrogens with two attached hydrogens (primary N) is 1. The summed E-state index contributed by atoms with van der Waals surface area (Å²) in [6.45, 7) is 5.86. The maximum absolute atomic E-state index is 14.1. The number of carbonyl (C=O) groups is 2. The number of amides is 2. The van der Waals surface area contributed by atoms with Crippen molar-refractivity contribution in [3.05, 3.63) is 130 Å². The fourth-order valence-electron chi connectivity index (χ4n) is 6.30. The third-order valence-corrected chi connectivity index (χ3v) is 9.02. The summed E-state index contributed by atoms with van der Waals surface area (Å²) in [7, 11) is 0. The Labute approximate surface area is 272 Å². The highest BCUT2D eigenvalue weighted by atomic mass is 35.5. The molecule has 0 spiro atoms. The van der Waals surface area contributed by atoms with Crippen molar-refractivity contribution in [3.63, 3.8) is 0 Å². The van der Waals surface area contributed by atoms with Gasteiger partial charge in [0, 0.05) is 49.4 Å². The Hall–Kier alpha value is -3.97. The first-order valence-corrected chi connectivity index (χ1v) is 16.3. The molecule has 45 heavy (non-hydrogen) atoms. The zero-order valence-corrected chi connectivity index (χ0v) is 26.8. The van der Waals surface area contributed by atoms with Crippen LogP contribution in [0.2, 0.25) is 5.02 Å². The Kier molecular flexibility index (Phi) is 11.4. The van der Waals surface area contributed by atoms with Gasteiger partial charge < -0.3 is 20.9 Å². The molecule has 1 heterocycles. The van der Waals surface area contributed by atoms with Gasteiger partial charge in [-0.05, 0) is 78.3 Å². The lowest BCUT2D eigenvalue weighted by atomic mass is 9.93. The SMILES string of the molecule is CC(c1cccc(-c2ccccc2C(=O)NCCN)c1)N(C(=O)Cc1ccc(Cl)cc1)C1CCN(CCc2ccccc2)CC1. The molecule has 7 heteroatoms. The summed E-state index contributed by atoms with van der Waals surface area (Å²) in [6, 6.07) is 34.0. The first kappa shape index (κ1) is 32.4. The van der Waals surface area contributed by atoms with Gasteiger partial charge in [0.25, 0.3) is 5.91 Å². The largest absolute Gasteiger partial charge is 0.351 e. The maximum atomic E-state index is 14.1. The molecule has 6 nitrogen and oxygen atoms in total. The van der Waals surface area contributed by atoms with Gasteiger partial charge in [0.05, 0.1) is 12.5 Å². The van der Waals surface area contributed by atoms with Crippen LogP contribution in [0.1, 0.15) is 52.9 Å². The van der Waals surface area contributed by atoms with Crippen molar-refractivity contribution in [2.75, 3.05) is 32.7 Å². The number of halogens is 1. The van der Waals surface area contributed by atoms with Crippen LogP contribution in [-0.4, -0.2) is 60.4 Å². The minimum atomic E-state index is -0.149. The average Bonchev–Trinajstić information content (AvgIpc) is 3.08. The Balaban J connectivity index is 1.37. The van der Waals surface area contributed by atoms with E-state index < -0.39 is 0 Å². The fourth-order valence-corrected chi connectivity index (χ4v) is 6.42. The molecule has 4 aromatic carbocycles. The van der Waals surface area contributed by atoms with Crippen LogP contribution < -0.4 is 11.1 Å². The molecule has 2 amide bonds. The number of hydrogen-bond donors (Lipinski definition) is 2. The van der Waals surface area contributed by atoms with Crippen molar-refractivity contribution in [2.45, 2.75) is 44.7 Å². The first-order valence-electron chi connectivity index (χ1n) is 15.9. The van der Waals surface area contributed by atoms with Crippen molar-refractivity contribution in [3.8, 4) is 11.1 Å². The van der Waals surface area contributed by atoms with Crippen LogP contribution in [0, 0.1) is 0 Å². The number of nitrogens with zero attached hydrogens (tertiary/aromatic N) is 2. The molecule has 1 atom stereocenters. The molecule has 1 fully saturated rings.